The van der Waals surface area contributed by atoms with Gasteiger partial charge in [0.15, 0.2) is 0 Å². The summed E-state index contributed by atoms with van der Waals surface area (Å²) < 4.78 is 1.63. The molecule has 1 aromatic carbocycles. The van der Waals surface area contributed by atoms with Crippen LogP contribution >= 0.6 is 0 Å². The first-order chi connectivity index (χ1) is 11.5. The molecule has 9 heteroatoms. The maximum atomic E-state index is 12.1. The second-order valence-corrected chi connectivity index (χ2v) is 5.06. The minimum atomic E-state index is -1.19. The molecule has 0 fully saturated rings. The fourth-order valence-corrected chi connectivity index (χ4v) is 2.24. The molecule has 3 N–H and O–H groups in total. The van der Waals surface area contributed by atoms with Crippen molar-refractivity contribution in [3.63, 3.8) is 0 Å². The lowest BCUT2D eigenvalue weighted by Gasteiger charge is -2.08. The van der Waals surface area contributed by atoms with E-state index in [0.717, 1.165) is 5.56 Å². The van der Waals surface area contributed by atoms with Gasteiger partial charge in [-0.05, 0) is 12.1 Å². The van der Waals surface area contributed by atoms with Crippen LogP contribution in [0.15, 0.2) is 30.7 Å². The van der Waals surface area contributed by atoms with Gasteiger partial charge in [0.2, 0.25) is 0 Å². The van der Waals surface area contributed by atoms with E-state index < -0.39 is 18.4 Å². The molecule has 3 aromatic rings. The molecular weight excluding hydrogens is 314 g/mol. The van der Waals surface area contributed by atoms with Crippen LogP contribution in [-0.4, -0.2) is 48.4 Å². The standard InChI is InChI=1S/C15H13N5O4/c1-20-7-8(4-18-20)10-5-16-14-9(19-10)2-3-11(21)13(14)15(24)17-6-12(22)23/h2-5,7,21H,6H2,1H3,(H,17,24)(H,22,23). The Morgan fingerprint density at radius 3 is 2.75 bits per heavy atom. The highest BCUT2D eigenvalue weighted by Gasteiger charge is 2.18. The molecule has 0 aliphatic heterocycles. The Morgan fingerprint density at radius 1 is 1.29 bits per heavy atom. The van der Waals surface area contributed by atoms with Crippen molar-refractivity contribution in [3.05, 3.63) is 36.3 Å². The normalized spacial score (nSPS) is 10.7. The third-order valence-electron chi connectivity index (χ3n) is 3.32. The van der Waals surface area contributed by atoms with Gasteiger partial charge in [-0.2, -0.15) is 5.10 Å². The number of aromatic hydroxyl groups is 1. The molecule has 0 aliphatic carbocycles. The topological polar surface area (TPSA) is 130 Å². The van der Waals surface area contributed by atoms with Gasteiger partial charge in [0.25, 0.3) is 5.91 Å². The molecule has 0 atom stereocenters. The minimum Gasteiger partial charge on any atom is -0.507 e. The number of carbonyl (C=O) groups excluding carboxylic acids is 1. The molecule has 2 heterocycles. The average molecular weight is 327 g/mol. The molecule has 122 valence electrons. The zero-order valence-corrected chi connectivity index (χ0v) is 12.6. The Morgan fingerprint density at radius 2 is 2.08 bits per heavy atom. The molecule has 0 unspecified atom stereocenters. The number of nitrogens with zero attached hydrogens (tertiary/aromatic N) is 4. The predicted molar refractivity (Wildman–Crippen MR) is 83.4 cm³/mol. The number of aryl methyl sites for hydroxylation is 1. The van der Waals surface area contributed by atoms with Gasteiger partial charge in [-0.3, -0.25) is 19.3 Å². The minimum absolute atomic E-state index is 0.112. The Labute approximate surface area is 135 Å². The van der Waals surface area contributed by atoms with Crippen molar-refractivity contribution >= 4 is 22.9 Å². The van der Waals surface area contributed by atoms with Crippen LogP contribution in [0.25, 0.3) is 22.3 Å². The number of carboxylic acids is 1. The lowest BCUT2D eigenvalue weighted by atomic mass is 10.1. The van der Waals surface area contributed by atoms with Gasteiger partial charge in [0.1, 0.15) is 23.4 Å². The van der Waals surface area contributed by atoms with E-state index in [-0.39, 0.29) is 16.8 Å². The van der Waals surface area contributed by atoms with Crippen LogP contribution < -0.4 is 5.32 Å². The molecule has 0 bridgehead atoms. The van der Waals surface area contributed by atoms with E-state index >= 15 is 0 Å². The smallest absolute Gasteiger partial charge is 0.322 e. The van der Waals surface area contributed by atoms with Gasteiger partial charge in [-0.25, -0.2) is 4.98 Å². The zero-order valence-electron chi connectivity index (χ0n) is 12.6. The number of phenols is 1. The van der Waals surface area contributed by atoms with Gasteiger partial charge < -0.3 is 15.5 Å². The number of aromatic nitrogens is 4. The Kier molecular flexibility index (Phi) is 3.82. The summed E-state index contributed by atoms with van der Waals surface area (Å²) in [6.07, 6.45) is 4.88. The van der Waals surface area contributed by atoms with E-state index in [2.05, 4.69) is 20.4 Å². The number of fused-ring (bicyclic) bond motifs is 1. The van der Waals surface area contributed by atoms with Gasteiger partial charge in [-0.15, -0.1) is 0 Å². The second-order valence-electron chi connectivity index (χ2n) is 5.06. The first-order valence-corrected chi connectivity index (χ1v) is 6.93. The Bertz CT molecular complexity index is 950. The predicted octanol–water partition coefficient (Wildman–Crippen LogP) is 0.550. The van der Waals surface area contributed by atoms with Crippen LogP contribution in [0.2, 0.25) is 0 Å². The number of benzene rings is 1. The summed E-state index contributed by atoms with van der Waals surface area (Å²) in [6, 6.07) is 2.85. The number of hydrogen-bond acceptors (Lipinski definition) is 6. The SMILES string of the molecule is Cn1cc(-c2cnc3c(C(=O)NCC(=O)O)c(O)ccc3n2)cn1. The summed E-state index contributed by atoms with van der Waals surface area (Å²) in [5, 5.41) is 24.9. The van der Waals surface area contributed by atoms with Crippen molar-refractivity contribution in [1.82, 2.24) is 25.1 Å². The van der Waals surface area contributed by atoms with Crippen molar-refractivity contribution in [2.24, 2.45) is 7.05 Å². The fourth-order valence-electron chi connectivity index (χ4n) is 2.24. The highest BCUT2D eigenvalue weighted by molar-refractivity contribution is 6.08. The van der Waals surface area contributed by atoms with E-state index in [1.54, 1.807) is 24.1 Å². The molecular formula is C15H13N5O4. The molecule has 0 radical (unpaired) electrons. The Balaban J connectivity index is 2.05. The summed E-state index contributed by atoms with van der Waals surface area (Å²) in [5.74, 6) is -2.22. The Hall–Kier alpha value is -3.49. The molecule has 3 rings (SSSR count). The maximum Gasteiger partial charge on any atom is 0.322 e. The fraction of sp³-hybridized carbons (Fsp3) is 0.133. The molecule has 0 spiro atoms. The van der Waals surface area contributed by atoms with E-state index in [9.17, 15) is 14.7 Å². The largest absolute Gasteiger partial charge is 0.507 e. The maximum absolute atomic E-state index is 12.1. The van der Waals surface area contributed by atoms with Crippen molar-refractivity contribution in [2.75, 3.05) is 6.54 Å². The molecule has 24 heavy (non-hydrogen) atoms. The van der Waals surface area contributed by atoms with E-state index in [0.29, 0.717) is 11.2 Å². The van der Waals surface area contributed by atoms with Crippen molar-refractivity contribution in [1.29, 1.82) is 0 Å². The number of carbonyl (C=O) groups is 2. The van der Waals surface area contributed by atoms with Crippen LogP contribution in [-0.2, 0) is 11.8 Å². The van der Waals surface area contributed by atoms with E-state index in [4.69, 9.17) is 5.11 Å². The average Bonchev–Trinajstić information content (AvgIpc) is 2.98. The molecule has 9 nitrogen and oxygen atoms in total. The molecule has 0 saturated carbocycles. The van der Waals surface area contributed by atoms with Crippen molar-refractivity contribution < 1.29 is 19.8 Å². The van der Waals surface area contributed by atoms with Crippen LogP contribution in [0.5, 0.6) is 5.75 Å². The zero-order chi connectivity index (χ0) is 17.3. The first-order valence-electron chi connectivity index (χ1n) is 6.93. The summed E-state index contributed by atoms with van der Waals surface area (Å²) in [5.41, 5.74) is 1.80. The van der Waals surface area contributed by atoms with Gasteiger partial charge >= 0.3 is 5.97 Å². The van der Waals surface area contributed by atoms with Crippen LogP contribution in [0.1, 0.15) is 10.4 Å². The van der Waals surface area contributed by atoms with Crippen LogP contribution in [0.3, 0.4) is 0 Å². The number of aliphatic carboxylic acids is 1. The van der Waals surface area contributed by atoms with E-state index in [1.165, 1.54) is 18.3 Å². The number of amides is 1. The summed E-state index contributed by atoms with van der Waals surface area (Å²) in [4.78, 5) is 31.3. The quantitative estimate of drug-likeness (QED) is 0.638. The first kappa shape index (κ1) is 15.4. The summed E-state index contributed by atoms with van der Waals surface area (Å²) in [7, 11) is 1.78. The summed E-state index contributed by atoms with van der Waals surface area (Å²) in [6.45, 7) is -0.560. The van der Waals surface area contributed by atoms with Crippen molar-refractivity contribution in [3.8, 4) is 17.0 Å². The number of rotatable bonds is 4. The lowest BCUT2D eigenvalue weighted by Crippen LogP contribution is -2.29. The lowest BCUT2D eigenvalue weighted by molar-refractivity contribution is -0.135. The third kappa shape index (κ3) is 2.86. The highest BCUT2D eigenvalue weighted by Crippen LogP contribution is 2.26. The van der Waals surface area contributed by atoms with Gasteiger partial charge in [0, 0.05) is 18.8 Å². The number of nitrogens with one attached hydrogen (secondary N) is 1. The number of carboxylic acid groups (broad SMARTS) is 1. The van der Waals surface area contributed by atoms with Gasteiger partial charge in [-0.1, -0.05) is 0 Å². The summed E-state index contributed by atoms with van der Waals surface area (Å²) >= 11 is 0. The van der Waals surface area contributed by atoms with Gasteiger partial charge in [0.05, 0.1) is 23.6 Å². The third-order valence-corrected chi connectivity index (χ3v) is 3.32. The molecule has 0 aliphatic rings. The van der Waals surface area contributed by atoms with E-state index in [1.807, 2.05) is 0 Å². The molecule has 2 aromatic heterocycles. The number of phenolic OH excluding ortho intramolecular Hbond substituents is 1. The highest BCUT2D eigenvalue weighted by atomic mass is 16.4. The molecule has 0 saturated heterocycles. The monoisotopic (exact) mass is 327 g/mol. The van der Waals surface area contributed by atoms with Crippen molar-refractivity contribution in [2.45, 2.75) is 0 Å². The molecule has 1 amide bonds. The second kappa shape index (κ2) is 5.95. The van der Waals surface area contributed by atoms with Crippen LogP contribution in [0, 0.1) is 0 Å². The number of hydrogen-bond donors (Lipinski definition) is 3. The van der Waals surface area contributed by atoms with Crippen LogP contribution in [0.4, 0.5) is 0 Å².